The molecule has 5 nitrogen and oxygen atoms in total. The van der Waals surface area contributed by atoms with Gasteiger partial charge in [0, 0.05) is 25.1 Å². The molecule has 1 fully saturated rings. The number of rotatable bonds is 4. The maximum atomic E-state index is 5.81. The molecule has 0 aromatic carbocycles. The molecule has 0 bridgehead atoms. The highest BCUT2D eigenvalue weighted by Gasteiger charge is 2.22. The number of hydrogen-bond donors (Lipinski definition) is 1. The van der Waals surface area contributed by atoms with Crippen LogP contribution in [0.5, 0.6) is 0 Å². The molecule has 0 amide bonds. The fourth-order valence-corrected chi connectivity index (χ4v) is 3.16. The topological polar surface area (TPSA) is 52.0 Å². The molecular weight excluding hydrogens is 264 g/mol. The molecule has 1 saturated heterocycles. The molecule has 1 aliphatic rings. The van der Waals surface area contributed by atoms with Crippen LogP contribution in [-0.4, -0.2) is 33.5 Å². The second-order valence-corrected chi connectivity index (χ2v) is 5.95. The van der Waals surface area contributed by atoms with E-state index in [4.69, 9.17) is 4.74 Å². The zero-order chi connectivity index (χ0) is 14.8. The summed E-state index contributed by atoms with van der Waals surface area (Å²) in [4.78, 5) is 4.53. The lowest BCUT2D eigenvalue weighted by molar-refractivity contribution is 0.00598. The highest BCUT2D eigenvalue weighted by atomic mass is 16.5. The van der Waals surface area contributed by atoms with E-state index in [0.29, 0.717) is 12.1 Å². The molecule has 2 unspecified atom stereocenters. The molecule has 0 aliphatic carbocycles. The number of pyridine rings is 1. The first kappa shape index (κ1) is 14.3. The average Bonchev–Trinajstić information content (AvgIpc) is 2.74. The van der Waals surface area contributed by atoms with E-state index < -0.39 is 0 Å². The van der Waals surface area contributed by atoms with Crippen LogP contribution in [-0.2, 0) is 11.8 Å². The molecule has 2 atom stereocenters. The second kappa shape index (κ2) is 6.02. The minimum Gasteiger partial charge on any atom is -0.381 e. The van der Waals surface area contributed by atoms with Crippen molar-refractivity contribution >= 4 is 16.7 Å². The summed E-state index contributed by atoms with van der Waals surface area (Å²) in [6.07, 6.45) is 6.78. The maximum absolute atomic E-state index is 5.81. The number of hydrogen-bond acceptors (Lipinski definition) is 4. The number of aromatic nitrogens is 3. The van der Waals surface area contributed by atoms with Crippen molar-refractivity contribution in [3.8, 4) is 0 Å². The normalized spacial score (nSPS) is 22.6. The summed E-state index contributed by atoms with van der Waals surface area (Å²) in [6, 6.07) is 2.64. The number of anilines is 1. The van der Waals surface area contributed by atoms with Gasteiger partial charge in [0.25, 0.3) is 0 Å². The van der Waals surface area contributed by atoms with E-state index in [9.17, 15) is 0 Å². The molecule has 2 aromatic rings. The molecule has 21 heavy (non-hydrogen) atoms. The third kappa shape index (κ3) is 3.02. The van der Waals surface area contributed by atoms with Gasteiger partial charge in [0.2, 0.25) is 0 Å². The van der Waals surface area contributed by atoms with Crippen LogP contribution in [0.1, 0.15) is 38.3 Å². The molecule has 3 heterocycles. The minimum absolute atomic E-state index is 0.401. The second-order valence-electron chi connectivity index (χ2n) is 5.95. The molecule has 0 radical (unpaired) electrons. The van der Waals surface area contributed by atoms with Crippen LogP contribution in [0.3, 0.4) is 0 Å². The van der Waals surface area contributed by atoms with Gasteiger partial charge in [0.15, 0.2) is 5.65 Å². The van der Waals surface area contributed by atoms with E-state index in [2.05, 4.69) is 28.4 Å². The highest BCUT2D eigenvalue weighted by molar-refractivity contribution is 5.81. The van der Waals surface area contributed by atoms with Gasteiger partial charge in [-0.3, -0.25) is 4.68 Å². The molecule has 114 valence electrons. The summed E-state index contributed by atoms with van der Waals surface area (Å²) < 4.78 is 7.64. The number of nitrogens with one attached hydrogen (secondary N) is 1. The van der Waals surface area contributed by atoms with E-state index in [0.717, 1.165) is 48.3 Å². The fraction of sp³-hybridized carbons (Fsp3) is 0.625. The Morgan fingerprint density at radius 1 is 1.48 bits per heavy atom. The number of aryl methyl sites for hydroxylation is 2. The quantitative estimate of drug-likeness (QED) is 0.939. The lowest BCUT2D eigenvalue weighted by atomic mass is 10.00. The largest absolute Gasteiger partial charge is 0.381 e. The molecule has 1 N–H and O–H groups in total. The van der Waals surface area contributed by atoms with Crippen LogP contribution < -0.4 is 5.32 Å². The first-order valence-electron chi connectivity index (χ1n) is 7.85. The Hall–Kier alpha value is -1.62. The van der Waals surface area contributed by atoms with Crippen molar-refractivity contribution in [2.45, 2.75) is 51.7 Å². The highest BCUT2D eigenvalue weighted by Crippen LogP contribution is 2.24. The zero-order valence-electron chi connectivity index (χ0n) is 13.1. The summed E-state index contributed by atoms with van der Waals surface area (Å²) in [5, 5.41) is 9.16. The van der Waals surface area contributed by atoms with Crippen LogP contribution in [0.4, 0.5) is 5.69 Å². The Bertz CT molecular complexity index is 620. The predicted octanol–water partition coefficient (Wildman–Crippen LogP) is 3.04. The zero-order valence-corrected chi connectivity index (χ0v) is 13.1. The van der Waals surface area contributed by atoms with Gasteiger partial charge in [-0.2, -0.15) is 5.10 Å². The van der Waals surface area contributed by atoms with Crippen molar-refractivity contribution in [3.63, 3.8) is 0 Å². The van der Waals surface area contributed by atoms with Crippen molar-refractivity contribution in [2.24, 2.45) is 7.05 Å². The van der Waals surface area contributed by atoms with Gasteiger partial charge in [0.05, 0.1) is 23.7 Å². The van der Waals surface area contributed by atoms with E-state index >= 15 is 0 Å². The molecule has 0 saturated carbocycles. The van der Waals surface area contributed by atoms with Crippen molar-refractivity contribution in [1.82, 2.24) is 14.8 Å². The molecular formula is C16H24N4O. The third-order valence-corrected chi connectivity index (χ3v) is 4.21. The van der Waals surface area contributed by atoms with Gasteiger partial charge in [-0.05, 0) is 32.3 Å². The summed E-state index contributed by atoms with van der Waals surface area (Å²) in [5.41, 5.74) is 3.05. The Kier molecular flexibility index (Phi) is 4.10. The first-order valence-corrected chi connectivity index (χ1v) is 7.85. The van der Waals surface area contributed by atoms with Crippen LogP contribution in [0, 0.1) is 6.92 Å². The number of nitrogens with zero attached hydrogens (tertiary/aromatic N) is 3. The van der Waals surface area contributed by atoms with Crippen molar-refractivity contribution < 1.29 is 4.74 Å². The van der Waals surface area contributed by atoms with E-state index in [1.165, 1.54) is 6.42 Å². The van der Waals surface area contributed by atoms with Gasteiger partial charge in [-0.1, -0.05) is 13.3 Å². The van der Waals surface area contributed by atoms with E-state index in [1.54, 1.807) is 0 Å². The van der Waals surface area contributed by atoms with Crippen molar-refractivity contribution in [2.75, 3.05) is 11.9 Å². The SMILES string of the molecule is CCCC1CC(Nc2cnc3c(c2)c(C)nn3C)CCO1. The van der Waals surface area contributed by atoms with Gasteiger partial charge in [-0.25, -0.2) is 4.98 Å². The van der Waals surface area contributed by atoms with Crippen LogP contribution in [0.25, 0.3) is 11.0 Å². The summed E-state index contributed by atoms with van der Waals surface area (Å²) in [5.74, 6) is 0. The van der Waals surface area contributed by atoms with Gasteiger partial charge in [0.1, 0.15) is 0 Å². The molecule has 3 rings (SSSR count). The minimum atomic E-state index is 0.401. The third-order valence-electron chi connectivity index (χ3n) is 4.21. The maximum Gasteiger partial charge on any atom is 0.157 e. The molecule has 2 aromatic heterocycles. The van der Waals surface area contributed by atoms with Crippen molar-refractivity contribution in [3.05, 3.63) is 18.0 Å². The Morgan fingerprint density at radius 2 is 2.33 bits per heavy atom. The Labute approximate surface area is 125 Å². The van der Waals surface area contributed by atoms with Crippen LogP contribution >= 0.6 is 0 Å². The van der Waals surface area contributed by atoms with Crippen molar-refractivity contribution in [1.29, 1.82) is 0 Å². The smallest absolute Gasteiger partial charge is 0.157 e. The van der Waals surface area contributed by atoms with Crippen LogP contribution in [0.15, 0.2) is 12.3 Å². The van der Waals surface area contributed by atoms with Gasteiger partial charge in [-0.15, -0.1) is 0 Å². The molecule has 1 aliphatic heterocycles. The summed E-state index contributed by atoms with van der Waals surface area (Å²) in [7, 11) is 1.93. The number of ether oxygens (including phenoxy) is 1. The molecule has 5 heteroatoms. The Balaban J connectivity index is 1.74. The standard InChI is InChI=1S/C16H24N4O/c1-4-5-14-8-12(6-7-21-14)18-13-9-15-11(2)19-20(3)16(15)17-10-13/h9-10,12,14,18H,4-8H2,1-3H3. The fourth-order valence-electron chi connectivity index (χ4n) is 3.16. The van der Waals surface area contributed by atoms with Crippen LogP contribution in [0.2, 0.25) is 0 Å². The monoisotopic (exact) mass is 288 g/mol. The summed E-state index contributed by atoms with van der Waals surface area (Å²) >= 11 is 0. The molecule has 0 spiro atoms. The van der Waals surface area contributed by atoms with Gasteiger partial charge >= 0.3 is 0 Å². The lowest BCUT2D eigenvalue weighted by Gasteiger charge is -2.30. The van der Waals surface area contributed by atoms with E-state index in [-0.39, 0.29) is 0 Å². The number of fused-ring (bicyclic) bond motifs is 1. The van der Waals surface area contributed by atoms with E-state index in [1.807, 2.05) is 24.9 Å². The predicted molar refractivity (Wildman–Crippen MR) is 84.5 cm³/mol. The Morgan fingerprint density at radius 3 is 3.14 bits per heavy atom. The average molecular weight is 288 g/mol. The first-order chi connectivity index (χ1) is 10.2. The van der Waals surface area contributed by atoms with Gasteiger partial charge < -0.3 is 10.1 Å². The lowest BCUT2D eigenvalue weighted by Crippen LogP contribution is -2.34. The summed E-state index contributed by atoms with van der Waals surface area (Å²) in [6.45, 7) is 5.09.